The van der Waals surface area contributed by atoms with Gasteiger partial charge in [0.2, 0.25) is 0 Å². The number of hydrogen-bond acceptors (Lipinski definition) is 3. The molecule has 0 amide bonds. The summed E-state index contributed by atoms with van der Waals surface area (Å²) >= 11 is 1.76. The lowest BCUT2D eigenvalue weighted by molar-refractivity contribution is 0.187. The number of thioether (sulfide) groups is 1. The van der Waals surface area contributed by atoms with Crippen molar-refractivity contribution in [1.82, 2.24) is 4.90 Å². The van der Waals surface area contributed by atoms with E-state index < -0.39 is 11.6 Å². The minimum atomic E-state index is -0.556. The van der Waals surface area contributed by atoms with Crippen molar-refractivity contribution in [2.75, 3.05) is 25.6 Å². The number of nitrogens with zero attached hydrogens (tertiary/aromatic N) is 1. The third kappa shape index (κ3) is 4.44. The summed E-state index contributed by atoms with van der Waals surface area (Å²) in [5.41, 5.74) is 6.40. The number of hydrogen-bond donors (Lipinski definition) is 1. The zero-order valence-electron chi connectivity index (χ0n) is 11.7. The molecule has 2 N–H and O–H groups in total. The second kappa shape index (κ2) is 7.82. The average molecular weight is 288 g/mol. The molecule has 2 nitrogen and oxygen atoms in total. The van der Waals surface area contributed by atoms with Gasteiger partial charge < -0.3 is 5.73 Å². The smallest absolute Gasteiger partial charge is 0.126 e. The first-order valence-electron chi connectivity index (χ1n) is 6.40. The van der Waals surface area contributed by atoms with Gasteiger partial charge in [0.15, 0.2) is 0 Å². The Balaban J connectivity index is 2.97. The van der Waals surface area contributed by atoms with Gasteiger partial charge in [0.25, 0.3) is 0 Å². The minimum Gasteiger partial charge on any atom is -0.329 e. The maximum atomic E-state index is 13.3. The van der Waals surface area contributed by atoms with Crippen LogP contribution >= 0.6 is 11.8 Å². The van der Waals surface area contributed by atoms with E-state index in [2.05, 4.69) is 18.1 Å². The molecule has 0 radical (unpaired) electrons. The van der Waals surface area contributed by atoms with Crippen LogP contribution in [0.15, 0.2) is 18.2 Å². The van der Waals surface area contributed by atoms with E-state index in [1.54, 1.807) is 11.8 Å². The van der Waals surface area contributed by atoms with Crippen LogP contribution in [0.3, 0.4) is 0 Å². The largest absolute Gasteiger partial charge is 0.329 e. The molecule has 0 bridgehead atoms. The van der Waals surface area contributed by atoms with Crippen LogP contribution in [0.1, 0.15) is 24.9 Å². The molecule has 0 spiro atoms. The number of likely N-dealkylation sites (N-methyl/N-ethyl adjacent to an activating group) is 1. The first kappa shape index (κ1) is 16.4. The zero-order chi connectivity index (χ0) is 14.4. The van der Waals surface area contributed by atoms with Gasteiger partial charge in [0, 0.05) is 30.4 Å². The van der Waals surface area contributed by atoms with Crippen LogP contribution in [0, 0.1) is 11.6 Å². The zero-order valence-corrected chi connectivity index (χ0v) is 12.5. The highest BCUT2D eigenvalue weighted by Crippen LogP contribution is 2.24. The van der Waals surface area contributed by atoms with Gasteiger partial charge in [-0.15, -0.1) is 0 Å². The molecular formula is C14H22F2N2S. The van der Waals surface area contributed by atoms with Crippen molar-refractivity contribution >= 4 is 11.8 Å². The third-order valence-electron chi connectivity index (χ3n) is 3.39. The van der Waals surface area contributed by atoms with E-state index in [4.69, 9.17) is 5.73 Å². The first-order valence-corrected chi connectivity index (χ1v) is 7.79. The quantitative estimate of drug-likeness (QED) is 0.836. The summed E-state index contributed by atoms with van der Waals surface area (Å²) < 4.78 is 26.6. The van der Waals surface area contributed by atoms with Crippen molar-refractivity contribution in [3.05, 3.63) is 35.4 Å². The summed E-state index contributed by atoms with van der Waals surface area (Å²) in [5.74, 6) is -0.138. The molecule has 1 aromatic rings. The molecule has 2 unspecified atom stereocenters. The summed E-state index contributed by atoms with van der Waals surface area (Å²) in [6, 6.07) is 3.79. The molecule has 0 aliphatic rings. The molecule has 0 aliphatic carbocycles. The third-order valence-corrected chi connectivity index (χ3v) is 4.11. The molecule has 2 atom stereocenters. The van der Waals surface area contributed by atoms with Gasteiger partial charge >= 0.3 is 0 Å². The normalized spacial score (nSPS) is 14.7. The monoisotopic (exact) mass is 288 g/mol. The van der Waals surface area contributed by atoms with Gasteiger partial charge in [-0.05, 0) is 37.4 Å². The summed E-state index contributed by atoms with van der Waals surface area (Å²) in [5, 5.41) is 0. The standard InChI is InChI=1S/C14H22F2N2S/c1-4-13(9-19-3)18(2)14(8-17)10-5-11(15)7-12(16)6-10/h5-7,13-14H,4,8-9,17H2,1-3H3. The van der Waals surface area contributed by atoms with Gasteiger partial charge in [-0.2, -0.15) is 11.8 Å². The van der Waals surface area contributed by atoms with Crippen LogP contribution in [0.25, 0.3) is 0 Å². The average Bonchev–Trinajstić information content (AvgIpc) is 2.35. The van der Waals surface area contributed by atoms with Crippen molar-refractivity contribution in [3.63, 3.8) is 0 Å². The summed E-state index contributed by atoms with van der Waals surface area (Å²) in [4.78, 5) is 2.12. The number of benzene rings is 1. The second-order valence-corrected chi connectivity index (χ2v) is 5.55. The fourth-order valence-corrected chi connectivity index (χ4v) is 3.13. The highest BCUT2D eigenvalue weighted by atomic mass is 32.2. The second-order valence-electron chi connectivity index (χ2n) is 4.64. The SMILES string of the molecule is CCC(CSC)N(C)C(CN)c1cc(F)cc(F)c1. The number of rotatable bonds is 7. The summed E-state index contributed by atoms with van der Waals surface area (Å²) in [6.07, 6.45) is 3.03. The topological polar surface area (TPSA) is 29.3 Å². The van der Waals surface area contributed by atoms with Gasteiger partial charge in [0.1, 0.15) is 11.6 Å². The van der Waals surface area contributed by atoms with E-state index >= 15 is 0 Å². The van der Waals surface area contributed by atoms with E-state index in [1.807, 2.05) is 7.05 Å². The first-order chi connectivity index (χ1) is 9.03. The summed E-state index contributed by atoms with van der Waals surface area (Å²) in [7, 11) is 1.96. The van der Waals surface area contributed by atoms with E-state index in [1.165, 1.54) is 12.1 Å². The molecule has 1 aromatic carbocycles. The lowest BCUT2D eigenvalue weighted by atomic mass is 10.0. The molecule has 0 aromatic heterocycles. The fourth-order valence-electron chi connectivity index (χ4n) is 2.28. The Hall–Kier alpha value is -0.650. The Morgan fingerprint density at radius 1 is 1.26 bits per heavy atom. The van der Waals surface area contributed by atoms with Gasteiger partial charge in [0.05, 0.1) is 0 Å². The van der Waals surface area contributed by atoms with Crippen LogP contribution in [0.2, 0.25) is 0 Å². The fraction of sp³-hybridized carbons (Fsp3) is 0.571. The molecule has 108 valence electrons. The number of halogens is 2. The van der Waals surface area contributed by atoms with Crippen LogP contribution in [-0.2, 0) is 0 Å². The van der Waals surface area contributed by atoms with Crippen LogP contribution in [0.5, 0.6) is 0 Å². The molecule has 19 heavy (non-hydrogen) atoms. The Labute approximate surface area is 118 Å². The highest BCUT2D eigenvalue weighted by Gasteiger charge is 2.22. The lowest BCUT2D eigenvalue weighted by Crippen LogP contribution is -2.39. The Morgan fingerprint density at radius 2 is 1.84 bits per heavy atom. The van der Waals surface area contributed by atoms with Crippen molar-refractivity contribution < 1.29 is 8.78 Å². The van der Waals surface area contributed by atoms with E-state index in [0.717, 1.165) is 18.2 Å². The molecule has 0 heterocycles. The van der Waals surface area contributed by atoms with Gasteiger partial charge in [-0.3, -0.25) is 4.90 Å². The maximum absolute atomic E-state index is 13.3. The summed E-state index contributed by atoms with van der Waals surface area (Å²) in [6.45, 7) is 2.45. The van der Waals surface area contributed by atoms with E-state index in [9.17, 15) is 8.78 Å². The van der Waals surface area contributed by atoms with Crippen molar-refractivity contribution in [1.29, 1.82) is 0 Å². The van der Waals surface area contributed by atoms with Gasteiger partial charge in [-0.25, -0.2) is 8.78 Å². The van der Waals surface area contributed by atoms with Crippen molar-refractivity contribution in [2.24, 2.45) is 5.73 Å². The van der Waals surface area contributed by atoms with Crippen LogP contribution in [0.4, 0.5) is 8.78 Å². The molecule has 0 saturated heterocycles. The Kier molecular flexibility index (Phi) is 6.75. The molecule has 5 heteroatoms. The molecular weight excluding hydrogens is 266 g/mol. The van der Waals surface area contributed by atoms with E-state index in [-0.39, 0.29) is 6.04 Å². The lowest BCUT2D eigenvalue weighted by Gasteiger charge is -2.34. The van der Waals surface area contributed by atoms with Crippen molar-refractivity contribution in [3.8, 4) is 0 Å². The van der Waals surface area contributed by atoms with Crippen LogP contribution < -0.4 is 5.73 Å². The van der Waals surface area contributed by atoms with Crippen LogP contribution in [-0.4, -0.2) is 36.5 Å². The highest BCUT2D eigenvalue weighted by molar-refractivity contribution is 7.98. The van der Waals surface area contributed by atoms with Gasteiger partial charge in [-0.1, -0.05) is 6.92 Å². The molecule has 0 aliphatic heterocycles. The maximum Gasteiger partial charge on any atom is 0.126 e. The Bertz CT molecular complexity index is 381. The number of nitrogens with two attached hydrogens (primary N) is 1. The molecule has 0 fully saturated rings. The predicted octanol–water partition coefficient (Wildman–Crippen LogP) is 3.04. The minimum absolute atomic E-state index is 0.165. The Morgan fingerprint density at radius 3 is 2.26 bits per heavy atom. The molecule has 0 saturated carbocycles. The predicted molar refractivity (Wildman–Crippen MR) is 78.4 cm³/mol. The van der Waals surface area contributed by atoms with E-state index in [0.29, 0.717) is 18.2 Å². The molecule has 1 rings (SSSR count). The van der Waals surface area contributed by atoms with Crippen molar-refractivity contribution in [2.45, 2.75) is 25.4 Å².